The Balaban J connectivity index is 1.23. The maximum Gasteiger partial charge on any atom is 0.325 e. The number of carboxylic acid groups (broad SMARTS) is 1. The molecular weight excluding hydrogens is 432 g/mol. The number of anilines is 1. The molecule has 0 saturated carbocycles. The second-order valence-electron chi connectivity index (χ2n) is 9.05. The molecule has 1 saturated heterocycles. The summed E-state index contributed by atoms with van der Waals surface area (Å²) in [6.45, 7) is 2.18. The molecule has 8 heteroatoms. The number of aryl methyl sites for hydroxylation is 2. The van der Waals surface area contributed by atoms with Gasteiger partial charge >= 0.3 is 5.97 Å². The van der Waals surface area contributed by atoms with Crippen molar-refractivity contribution in [3.8, 4) is 5.75 Å². The Morgan fingerprint density at radius 2 is 2.03 bits per heavy atom. The van der Waals surface area contributed by atoms with Crippen molar-refractivity contribution in [2.24, 2.45) is 0 Å². The van der Waals surface area contributed by atoms with Gasteiger partial charge in [0.25, 0.3) is 0 Å². The highest BCUT2D eigenvalue weighted by Gasteiger charge is 2.33. The topological polar surface area (TPSA) is 104 Å². The SMILES string of the molecule is COc1ccccc1[C@@H](C(=O)O)N1CCC(NC(=O)CCCc2ccc3c(n2)NCCC3)CC1. The zero-order valence-corrected chi connectivity index (χ0v) is 19.8. The molecule has 0 aliphatic carbocycles. The van der Waals surface area contributed by atoms with Crippen molar-refractivity contribution in [2.45, 2.75) is 57.0 Å². The minimum Gasteiger partial charge on any atom is -0.496 e. The first kappa shape index (κ1) is 24.0. The molecule has 0 unspecified atom stereocenters. The lowest BCUT2D eigenvalue weighted by Gasteiger charge is -2.36. The van der Waals surface area contributed by atoms with Crippen LogP contribution in [0.1, 0.15) is 55.0 Å². The van der Waals surface area contributed by atoms with Crippen molar-refractivity contribution in [3.05, 3.63) is 53.2 Å². The van der Waals surface area contributed by atoms with E-state index >= 15 is 0 Å². The number of nitrogens with zero attached hydrogens (tertiary/aromatic N) is 2. The Morgan fingerprint density at radius 1 is 1.24 bits per heavy atom. The fourth-order valence-electron chi connectivity index (χ4n) is 4.92. The number of aliphatic carboxylic acids is 1. The zero-order chi connectivity index (χ0) is 23.9. The summed E-state index contributed by atoms with van der Waals surface area (Å²) in [4.78, 5) is 31.2. The average Bonchev–Trinajstić information content (AvgIpc) is 2.85. The maximum absolute atomic E-state index is 12.5. The van der Waals surface area contributed by atoms with E-state index < -0.39 is 12.0 Å². The number of methoxy groups -OCH3 is 1. The molecule has 1 aromatic carbocycles. The van der Waals surface area contributed by atoms with E-state index in [2.05, 4.69) is 22.8 Å². The average molecular weight is 467 g/mol. The fourth-order valence-corrected chi connectivity index (χ4v) is 4.92. The van der Waals surface area contributed by atoms with Crippen LogP contribution in [0.25, 0.3) is 0 Å². The number of ether oxygens (including phenoxy) is 1. The summed E-state index contributed by atoms with van der Waals surface area (Å²) in [7, 11) is 1.55. The summed E-state index contributed by atoms with van der Waals surface area (Å²) in [5, 5.41) is 16.4. The number of carboxylic acids is 1. The summed E-state index contributed by atoms with van der Waals surface area (Å²) in [6.07, 6.45) is 5.66. The molecule has 4 rings (SSSR count). The summed E-state index contributed by atoms with van der Waals surface area (Å²) in [6, 6.07) is 10.8. The number of benzene rings is 1. The van der Waals surface area contributed by atoms with Crippen molar-refractivity contribution in [2.75, 3.05) is 32.1 Å². The van der Waals surface area contributed by atoms with E-state index in [1.165, 1.54) is 5.56 Å². The Bertz CT molecular complexity index is 1000. The maximum atomic E-state index is 12.5. The molecule has 0 bridgehead atoms. The molecule has 1 fully saturated rings. The van der Waals surface area contributed by atoms with Crippen LogP contribution in [0.3, 0.4) is 0 Å². The first-order valence-corrected chi connectivity index (χ1v) is 12.2. The summed E-state index contributed by atoms with van der Waals surface area (Å²) in [5.41, 5.74) is 2.95. The lowest BCUT2D eigenvalue weighted by molar-refractivity contribution is -0.144. The number of amides is 1. The largest absolute Gasteiger partial charge is 0.496 e. The summed E-state index contributed by atoms with van der Waals surface area (Å²) < 4.78 is 5.38. The van der Waals surface area contributed by atoms with Gasteiger partial charge in [0, 0.05) is 43.4 Å². The van der Waals surface area contributed by atoms with Crippen LogP contribution < -0.4 is 15.4 Å². The number of pyridine rings is 1. The van der Waals surface area contributed by atoms with Gasteiger partial charge in [0.2, 0.25) is 5.91 Å². The predicted molar refractivity (Wildman–Crippen MR) is 130 cm³/mol. The van der Waals surface area contributed by atoms with E-state index in [4.69, 9.17) is 9.72 Å². The minimum absolute atomic E-state index is 0.0500. The van der Waals surface area contributed by atoms with Gasteiger partial charge in [-0.3, -0.25) is 14.5 Å². The second kappa shape index (κ2) is 11.3. The third-order valence-corrected chi connectivity index (χ3v) is 6.72. The zero-order valence-electron chi connectivity index (χ0n) is 19.8. The number of rotatable bonds is 9. The van der Waals surface area contributed by atoms with E-state index in [0.717, 1.165) is 56.6 Å². The normalized spacial score (nSPS) is 17.3. The molecule has 34 heavy (non-hydrogen) atoms. The van der Waals surface area contributed by atoms with Crippen molar-refractivity contribution in [1.82, 2.24) is 15.2 Å². The molecule has 1 atom stereocenters. The molecule has 0 radical (unpaired) electrons. The number of fused-ring (bicyclic) bond motifs is 1. The molecule has 2 aliphatic heterocycles. The van der Waals surface area contributed by atoms with Crippen LogP contribution in [-0.4, -0.2) is 59.7 Å². The monoisotopic (exact) mass is 466 g/mol. The third kappa shape index (κ3) is 5.86. The first-order valence-electron chi connectivity index (χ1n) is 12.2. The summed E-state index contributed by atoms with van der Waals surface area (Å²) in [5.74, 6) is 0.731. The standard InChI is InChI=1S/C26H34N4O4/c1-34-22-9-3-2-8-21(22)24(26(32)33)30-16-13-20(14-17-30)28-23(31)10-4-7-19-12-11-18-6-5-15-27-25(18)29-19/h2-3,8-9,11-12,20,24H,4-7,10,13-17H2,1H3,(H,27,29)(H,28,31)(H,32,33)/t24-/m0/s1. The smallest absolute Gasteiger partial charge is 0.325 e. The predicted octanol–water partition coefficient (Wildman–Crippen LogP) is 3.18. The quantitative estimate of drug-likeness (QED) is 0.521. The number of hydrogen-bond donors (Lipinski definition) is 3. The van der Waals surface area contributed by atoms with E-state index in [0.29, 0.717) is 30.8 Å². The van der Waals surface area contributed by atoms with Crippen molar-refractivity contribution >= 4 is 17.7 Å². The van der Waals surface area contributed by atoms with Gasteiger partial charge in [-0.25, -0.2) is 4.98 Å². The number of carbonyl (C=O) groups is 2. The van der Waals surface area contributed by atoms with Crippen LogP contribution in [0.2, 0.25) is 0 Å². The van der Waals surface area contributed by atoms with E-state index in [9.17, 15) is 14.7 Å². The van der Waals surface area contributed by atoms with Crippen LogP contribution in [0, 0.1) is 0 Å². The number of piperidine rings is 1. The van der Waals surface area contributed by atoms with Gasteiger partial charge in [-0.15, -0.1) is 0 Å². The van der Waals surface area contributed by atoms with Crippen LogP contribution in [-0.2, 0) is 22.4 Å². The highest BCUT2D eigenvalue weighted by Crippen LogP contribution is 2.31. The number of para-hydroxylation sites is 1. The van der Waals surface area contributed by atoms with Crippen LogP contribution in [0.4, 0.5) is 5.82 Å². The molecule has 3 heterocycles. The lowest BCUT2D eigenvalue weighted by atomic mass is 9.98. The molecule has 1 amide bonds. The van der Waals surface area contributed by atoms with Crippen molar-refractivity contribution in [3.63, 3.8) is 0 Å². The summed E-state index contributed by atoms with van der Waals surface area (Å²) >= 11 is 0. The molecular formula is C26H34N4O4. The van der Waals surface area contributed by atoms with Gasteiger partial charge in [-0.1, -0.05) is 24.3 Å². The molecule has 3 N–H and O–H groups in total. The van der Waals surface area contributed by atoms with Crippen LogP contribution in [0.15, 0.2) is 36.4 Å². The molecule has 2 aromatic rings. The highest BCUT2D eigenvalue weighted by atomic mass is 16.5. The molecule has 182 valence electrons. The molecule has 8 nitrogen and oxygen atoms in total. The number of hydrogen-bond acceptors (Lipinski definition) is 6. The van der Waals surface area contributed by atoms with Crippen LogP contribution >= 0.6 is 0 Å². The third-order valence-electron chi connectivity index (χ3n) is 6.72. The minimum atomic E-state index is -0.891. The van der Waals surface area contributed by atoms with Gasteiger partial charge < -0.3 is 20.5 Å². The molecule has 0 spiro atoms. The fraction of sp³-hybridized carbons (Fsp3) is 0.500. The van der Waals surface area contributed by atoms with Gasteiger partial charge in [0.1, 0.15) is 17.6 Å². The van der Waals surface area contributed by atoms with Gasteiger partial charge in [-0.05, 0) is 56.2 Å². The number of nitrogens with one attached hydrogen (secondary N) is 2. The van der Waals surface area contributed by atoms with Crippen molar-refractivity contribution < 1.29 is 19.4 Å². The van der Waals surface area contributed by atoms with Crippen molar-refractivity contribution in [1.29, 1.82) is 0 Å². The van der Waals surface area contributed by atoms with Crippen LogP contribution in [0.5, 0.6) is 5.75 Å². The molecule has 2 aliphatic rings. The Kier molecular flexibility index (Phi) is 8.00. The number of carbonyl (C=O) groups excluding carboxylic acids is 1. The Morgan fingerprint density at radius 3 is 2.79 bits per heavy atom. The second-order valence-corrected chi connectivity index (χ2v) is 9.05. The molecule has 1 aromatic heterocycles. The van der Waals surface area contributed by atoms with Gasteiger partial charge in [-0.2, -0.15) is 0 Å². The van der Waals surface area contributed by atoms with E-state index in [1.54, 1.807) is 19.2 Å². The number of aromatic nitrogens is 1. The lowest BCUT2D eigenvalue weighted by Crippen LogP contribution is -2.47. The Labute approximate surface area is 200 Å². The Hall–Kier alpha value is -3.13. The first-order chi connectivity index (χ1) is 16.5. The van der Waals surface area contributed by atoms with E-state index in [1.807, 2.05) is 17.0 Å². The highest BCUT2D eigenvalue weighted by molar-refractivity contribution is 5.77. The van der Waals surface area contributed by atoms with E-state index in [-0.39, 0.29) is 11.9 Å². The van der Waals surface area contributed by atoms with Gasteiger partial charge in [0.15, 0.2) is 0 Å². The van der Waals surface area contributed by atoms with Gasteiger partial charge in [0.05, 0.1) is 7.11 Å². The number of likely N-dealkylation sites (tertiary alicyclic amines) is 1.